The summed E-state index contributed by atoms with van der Waals surface area (Å²) in [4.78, 5) is 23.6. The Balaban J connectivity index is 1.83. The van der Waals surface area contributed by atoms with Crippen LogP contribution in [-0.4, -0.2) is 76.6 Å². The molecule has 0 bridgehead atoms. The lowest BCUT2D eigenvalue weighted by Gasteiger charge is -2.13. The summed E-state index contributed by atoms with van der Waals surface area (Å²) in [5, 5.41) is 0. The predicted octanol–water partition coefficient (Wildman–Crippen LogP) is -0.392. The van der Waals surface area contributed by atoms with Crippen LogP contribution in [0.4, 0.5) is 0 Å². The van der Waals surface area contributed by atoms with E-state index in [1.807, 2.05) is 0 Å². The fourth-order valence-corrected chi connectivity index (χ4v) is 1.49. The highest BCUT2D eigenvalue weighted by Gasteiger charge is 2.22. The monoisotopic (exact) mass is 287 g/mol. The molecular weight excluding hydrogens is 266 g/mol. The van der Waals surface area contributed by atoms with E-state index in [0.717, 1.165) is 4.90 Å². The van der Waals surface area contributed by atoms with E-state index in [1.54, 1.807) is 7.11 Å². The first-order valence-corrected chi connectivity index (χ1v) is 6.51. The third-order valence-corrected chi connectivity index (χ3v) is 2.54. The molecule has 0 N–H and O–H groups in total. The van der Waals surface area contributed by atoms with Gasteiger partial charge in [-0.05, 0) is 0 Å². The third kappa shape index (κ3) is 6.76. The lowest BCUT2D eigenvalue weighted by molar-refractivity contribution is -0.137. The predicted molar refractivity (Wildman–Crippen MR) is 70.2 cm³/mol. The van der Waals surface area contributed by atoms with E-state index >= 15 is 0 Å². The van der Waals surface area contributed by atoms with Gasteiger partial charge in [-0.25, -0.2) is 0 Å². The van der Waals surface area contributed by atoms with Crippen LogP contribution < -0.4 is 0 Å². The second-order valence-corrected chi connectivity index (χ2v) is 3.99. The average molecular weight is 287 g/mol. The number of hydrogen-bond donors (Lipinski definition) is 0. The summed E-state index contributed by atoms with van der Waals surface area (Å²) in [5.41, 5.74) is 0. The van der Waals surface area contributed by atoms with Gasteiger partial charge in [0.2, 0.25) is 0 Å². The number of nitrogens with zero attached hydrogens (tertiary/aromatic N) is 1. The number of methoxy groups -OCH3 is 1. The first kappa shape index (κ1) is 16.8. The van der Waals surface area contributed by atoms with Crippen molar-refractivity contribution in [2.75, 3.05) is 59.9 Å². The molecule has 0 aromatic carbocycles. The van der Waals surface area contributed by atoms with Crippen LogP contribution in [-0.2, 0) is 28.5 Å². The Morgan fingerprint density at radius 3 is 1.75 bits per heavy atom. The Labute approximate surface area is 118 Å². The van der Waals surface area contributed by atoms with Gasteiger partial charge in [-0.1, -0.05) is 0 Å². The largest absolute Gasteiger partial charge is 0.382 e. The zero-order valence-electron chi connectivity index (χ0n) is 11.7. The highest BCUT2D eigenvalue weighted by Crippen LogP contribution is 2.02. The van der Waals surface area contributed by atoms with Crippen molar-refractivity contribution in [2.45, 2.75) is 0 Å². The van der Waals surface area contributed by atoms with Crippen LogP contribution in [0.15, 0.2) is 12.2 Å². The molecule has 0 atom stereocenters. The van der Waals surface area contributed by atoms with Gasteiger partial charge in [0, 0.05) is 19.3 Å². The summed E-state index contributed by atoms with van der Waals surface area (Å²) in [6.45, 7) is 3.60. The molecule has 0 aromatic heterocycles. The zero-order chi connectivity index (χ0) is 14.6. The summed E-state index contributed by atoms with van der Waals surface area (Å²) >= 11 is 0. The topological polar surface area (TPSA) is 74.3 Å². The average Bonchev–Trinajstić information content (AvgIpc) is 2.76. The number of carbonyl (C=O) groups is 2. The number of hydrogen-bond acceptors (Lipinski definition) is 6. The highest BCUT2D eigenvalue weighted by atomic mass is 16.6. The molecule has 114 valence electrons. The van der Waals surface area contributed by atoms with Crippen LogP contribution in [0.25, 0.3) is 0 Å². The van der Waals surface area contributed by atoms with Crippen molar-refractivity contribution < 1.29 is 28.5 Å². The fourth-order valence-electron chi connectivity index (χ4n) is 1.49. The molecule has 1 rings (SSSR count). The standard InChI is InChI=1S/C13H21NO6/c1-17-6-7-19-10-11-20-9-8-18-5-4-14-12(15)2-3-13(14)16/h2-3H,4-11H2,1H3. The SMILES string of the molecule is COCCOCCOCCOCCN1C(=O)C=CC1=O. The minimum Gasteiger partial charge on any atom is -0.382 e. The first-order valence-electron chi connectivity index (χ1n) is 6.51. The van der Waals surface area contributed by atoms with E-state index in [4.69, 9.17) is 18.9 Å². The van der Waals surface area contributed by atoms with Gasteiger partial charge in [0.1, 0.15) is 0 Å². The molecular formula is C13H21NO6. The summed E-state index contributed by atoms with van der Waals surface area (Å²) in [6.07, 6.45) is 2.52. The summed E-state index contributed by atoms with van der Waals surface area (Å²) < 4.78 is 20.6. The third-order valence-electron chi connectivity index (χ3n) is 2.54. The minimum atomic E-state index is -0.289. The maximum atomic E-state index is 11.2. The number of rotatable bonds is 12. The normalized spacial score (nSPS) is 14.6. The van der Waals surface area contributed by atoms with E-state index in [2.05, 4.69) is 0 Å². The van der Waals surface area contributed by atoms with Gasteiger partial charge in [0.25, 0.3) is 11.8 Å². The number of amides is 2. The molecule has 2 amide bonds. The molecule has 0 saturated heterocycles. The van der Waals surface area contributed by atoms with Crippen molar-refractivity contribution in [3.05, 3.63) is 12.2 Å². The van der Waals surface area contributed by atoms with Crippen molar-refractivity contribution >= 4 is 11.8 Å². The summed E-state index contributed by atoms with van der Waals surface area (Å²) in [7, 11) is 1.62. The van der Waals surface area contributed by atoms with E-state index in [9.17, 15) is 9.59 Å². The second kappa shape index (κ2) is 10.5. The molecule has 0 saturated carbocycles. The van der Waals surface area contributed by atoms with Crippen LogP contribution >= 0.6 is 0 Å². The van der Waals surface area contributed by atoms with Crippen LogP contribution in [0.2, 0.25) is 0 Å². The van der Waals surface area contributed by atoms with Crippen molar-refractivity contribution in [3.63, 3.8) is 0 Å². The van der Waals surface area contributed by atoms with Gasteiger partial charge in [-0.15, -0.1) is 0 Å². The Morgan fingerprint density at radius 1 is 0.800 bits per heavy atom. The quantitative estimate of drug-likeness (QED) is 0.359. The number of carbonyl (C=O) groups excluding carboxylic acids is 2. The van der Waals surface area contributed by atoms with Gasteiger partial charge >= 0.3 is 0 Å². The fraction of sp³-hybridized carbons (Fsp3) is 0.692. The number of ether oxygens (including phenoxy) is 4. The lowest BCUT2D eigenvalue weighted by Crippen LogP contribution is -2.33. The van der Waals surface area contributed by atoms with Crippen LogP contribution in [0.1, 0.15) is 0 Å². The zero-order valence-corrected chi connectivity index (χ0v) is 11.7. The summed E-state index contributed by atoms with van der Waals surface area (Å²) in [6, 6.07) is 0. The Hall–Kier alpha value is -1.28. The molecule has 20 heavy (non-hydrogen) atoms. The molecule has 1 aliphatic heterocycles. The van der Waals surface area contributed by atoms with Crippen LogP contribution in [0.3, 0.4) is 0 Å². The van der Waals surface area contributed by atoms with Gasteiger partial charge in [0.15, 0.2) is 0 Å². The maximum absolute atomic E-state index is 11.2. The maximum Gasteiger partial charge on any atom is 0.253 e. The molecule has 0 aliphatic carbocycles. The van der Waals surface area contributed by atoms with E-state index in [1.165, 1.54) is 12.2 Å². The lowest BCUT2D eigenvalue weighted by atomic mass is 10.5. The van der Waals surface area contributed by atoms with Crippen LogP contribution in [0.5, 0.6) is 0 Å². The van der Waals surface area contributed by atoms with Crippen molar-refractivity contribution in [2.24, 2.45) is 0 Å². The number of imide groups is 1. The Bertz CT molecular complexity index is 313. The smallest absolute Gasteiger partial charge is 0.253 e. The van der Waals surface area contributed by atoms with E-state index < -0.39 is 0 Å². The van der Waals surface area contributed by atoms with Gasteiger partial charge in [-0.3, -0.25) is 14.5 Å². The molecule has 7 nitrogen and oxygen atoms in total. The molecule has 0 fully saturated rings. The van der Waals surface area contributed by atoms with Gasteiger partial charge in [-0.2, -0.15) is 0 Å². The first-order chi connectivity index (χ1) is 9.75. The molecule has 0 unspecified atom stereocenters. The Kier molecular flexibility index (Phi) is 8.81. The molecule has 1 aliphatic rings. The molecule has 0 radical (unpaired) electrons. The molecule has 0 spiro atoms. The van der Waals surface area contributed by atoms with Crippen molar-refractivity contribution in [1.29, 1.82) is 0 Å². The van der Waals surface area contributed by atoms with E-state index in [-0.39, 0.29) is 18.4 Å². The Morgan fingerprint density at radius 2 is 1.25 bits per heavy atom. The summed E-state index contributed by atoms with van der Waals surface area (Å²) in [5.74, 6) is -0.578. The van der Waals surface area contributed by atoms with Gasteiger partial charge < -0.3 is 18.9 Å². The van der Waals surface area contributed by atoms with Crippen molar-refractivity contribution in [1.82, 2.24) is 4.90 Å². The van der Waals surface area contributed by atoms with Crippen LogP contribution in [0, 0.1) is 0 Å². The minimum absolute atomic E-state index is 0.269. The molecule has 7 heteroatoms. The second-order valence-electron chi connectivity index (χ2n) is 3.99. The van der Waals surface area contributed by atoms with Gasteiger partial charge in [0.05, 0.1) is 52.8 Å². The highest BCUT2D eigenvalue weighted by molar-refractivity contribution is 6.12. The van der Waals surface area contributed by atoms with Crippen molar-refractivity contribution in [3.8, 4) is 0 Å². The molecule has 0 aromatic rings. The van der Waals surface area contributed by atoms with E-state index in [0.29, 0.717) is 46.2 Å². The molecule has 1 heterocycles.